The average molecular weight is 286 g/mol. The first-order valence-corrected chi connectivity index (χ1v) is 6.69. The van der Waals surface area contributed by atoms with Crippen molar-refractivity contribution < 1.29 is 9.53 Å². The number of carbonyl (C=O) groups is 1. The number of halogens is 1. The van der Waals surface area contributed by atoms with Crippen LogP contribution < -0.4 is 0 Å². The van der Waals surface area contributed by atoms with Crippen LogP contribution in [0.5, 0.6) is 0 Å². The molecule has 0 N–H and O–H groups in total. The predicted octanol–water partition coefficient (Wildman–Crippen LogP) is 3.58. The number of benzene rings is 2. The van der Waals surface area contributed by atoms with Crippen LogP contribution in [0, 0.1) is 0 Å². The maximum Gasteiger partial charge on any atom is 0.339 e. The quantitative estimate of drug-likeness (QED) is 0.638. The second kappa shape index (κ2) is 5.47. The minimum atomic E-state index is -0.351. The lowest BCUT2D eigenvalue weighted by atomic mass is 10.1. The Bertz CT molecular complexity index is 667. The highest BCUT2D eigenvalue weighted by Crippen LogP contribution is 2.30. The number of ether oxygens (including phenoxy) is 1. The molecule has 0 fully saturated rings. The number of nitrogens with zero attached hydrogens (tertiary/aromatic N) is 1. The van der Waals surface area contributed by atoms with E-state index in [-0.39, 0.29) is 12.1 Å². The van der Waals surface area contributed by atoms with Crippen molar-refractivity contribution in [2.24, 2.45) is 4.99 Å². The zero-order chi connectivity index (χ0) is 13.9. The molecule has 2 aromatic carbocycles. The Morgan fingerprint density at radius 2 is 1.80 bits per heavy atom. The lowest BCUT2D eigenvalue weighted by molar-refractivity contribution is 0.0404. The minimum absolute atomic E-state index is 0.295. The fourth-order valence-electron chi connectivity index (χ4n) is 2.19. The van der Waals surface area contributed by atoms with Crippen molar-refractivity contribution in [3.05, 3.63) is 71.3 Å². The number of cyclic esters (lactones) is 1. The highest BCUT2D eigenvalue weighted by atomic mass is 35.5. The Morgan fingerprint density at radius 3 is 2.60 bits per heavy atom. The second-order valence-electron chi connectivity index (χ2n) is 4.48. The molecular weight excluding hydrogens is 274 g/mol. The summed E-state index contributed by atoms with van der Waals surface area (Å²) in [5, 5.41) is 0.422. The molecule has 1 unspecified atom stereocenters. The Balaban J connectivity index is 1.79. The molecule has 0 aromatic heterocycles. The highest BCUT2D eigenvalue weighted by Gasteiger charge is 2.30. The monoisotopic (exact) mass is 285 g/mol. The van der Waals surface area contributed by atoms with Gasteiger partial charge in [0.25, 0.3) is 0 Å². The first-order valence-electron chi connectivity index (χ1n) is 6.31. The molecule has 1 heterocycles. The summed E-state index contributed by atoms with van der Waals surface area (Å²) in [7, 11) is 0. The van der Waals surface area contributed by atoms with Crippen LogP contribution in [0.1, 0.15) is 27.6 Å². The SMILES string of the molecule is O=C1OC(CN=C(Cl)c2ccccc2)c2ccccc21. The van der Waals surface area contributed by atoms with Crippen LogP contribution in [-0.2, 0) is 4.74 Å². The lowest BCUT2D eigenvalue weighted by Crippen LogP contribution is -2.04. The molecular formula is C16H12ClNO2. The number of rotatable bonds is 3. The van der Waals surface area contributed by atoms with E-state index in [0.29, 0.717) is 17.3 Å². The van der Waals surface area contributed by atoms with Crippen LogP contribution in [0.3, 0.4) is 0 Å². The van der Waals surface area contributed by atoms with Crippen LogP contribution in [-0.4, -0.2) is 17.7 Å². The molecule has 2 aromatic rings. The van der Waals surface area contributed by atoms with E-state index in [1.807, 2.05) is 48.5 Å². The number of hydrogen-bond acceptors (Lipinski definition) is 3. The molecule has 0 aliphatic carbocycles. The zero-order valence-electron chi connectivity index (χ0n) is 10.6. The normalized spacial score (nSPS) is 17.8. The maximum absolute atomic E-state index is 11.7. The van der Waals surface area contributed by atoms with Crippen molar-refractivity contribution in [1.82, 2.24) is 0 Å². The molecule has 3 rings (SSSR count). The Labute approximate surface area is 121 Å². The fourth-order valence-corrected chi connectivity index (χ4v) is 2.38. The van der Waals surface area contributed by atoms with E-state index in [1.54, 1.807) is 6.07 Å². The van der Waals surface area contributed by atoms with Crippen molar-refractivity contribution >= 4 is 22.7 Å². The van der Waals surface area contributed by atoms with Crippen molar-refractivity contribution in [3.8, 4) is 0 Å². The summed E-state index contributed by atoms with van der Waals surface area (Å²) in [4.78, 5) is 16.0. The van der Waals surface area contributed by atoms with Gasteiger partial charge in [0.1, 0.15) is 11.3 Å². The number of fused-ring (bicyclic) bond motifs is 1. The molecule has 1 aliphatic heterocycles. The van der Waals surface area contributed by atoms with E-state index in [4.69, 9.17) is 16.3 Å². The number of esters is 1. The van der Waals surface area contributed by atoms with E-state index in [9.17, 15) is 4.79 Å². The van der Waals surface area contributed by atoms with Gasteiger partial charge in [-0.05, 0) is 6.07 Å². The van der Waals surface area contributed by atoms with Gasteiger partial charge in [0.15, 0.2) is 0 Å². The van der Waals surface area contributed by atoms with Gasteiger partial charge in [-0.2, -0.15) is 0 Å². The smallest absolute Gasteiger partial charge is 0.339 e. The van der Waals surface area contributed by atoms with Gasteiger partial charge in [-0.1, -0.05) is 60.1 Å². The van der Waals surface area contributed by atoms with Gasteiger partial charge in [0, 0.05) is 11.1 Å². The van der Waals surface area contributed by atoms with Gasteiger partial charge in [-0.15, -0.1) is 0 Å². The molecule has 0 bridgehead atoms. The molecule has 3 nitrogen and oxygen atoms in total. The average Bonchev–Trinajstić information content (AvgIpc) is 2.83. The molecule has 20 heavy (non-hydrogen) atoms. The predicted molar refractivity (Wildman–Crippen MR) is 78.3 cm³/mol. The fraction of sp³-hybridized carbons (Fsp3) is 0.125. The molecule has 1 aliphatic rings. The van der Waals surface area contributed by atoms with Crippen LogP contribution >= 0.6 is 11.6 Å². The van der Waals surface area contributed by atoms with Crippen molar-refractivity contribution in [1.29, 1.82) is 0 Å². The molecule has 4 heteroatoms. The summed E-state index contributed by atoms with van der Waals surface area (Å²) in [6.07, 6.45) is -0.351. The van der Waals surface area contributed by atoms with E-state index in [2.05, 4.69) is 4.99 Å². The summed E-state index contributed by atoms with van der Waals surface area (Å²) >= 11 is 6.16. The number of carbonyl (C=O) groups excluding carboxylic acids is 1. The van der Waals surface area contributed by atoms with Crippen molar-refractivity contribution in [3.63, 3.8) is 0 Å². The third kappa shape index (κ3) is 2.45. The third-order valence-electron chi connectivity index (χ3n) is 3.18. The Morgan fingerprint density at radius 1 is 1.10 bits per heavy atom. The minimum Gasteiger partial charge on any atom is -0.452 e. The number of aliphatic imine (C=N–C) groups is 1. The molecule has 100 valence electrons. The molecule has 0 saturated carbocycles. The van der Waals surface area contributed by atoms with Crippen LogP contribution in [0.2, 0.25) is 0 Å². The first kappa shape index (κ1) is 12.9. The largest absolute Gasteiger partial charge is 0.452 e. The third-order valence-corrected chi connectivity index (χ3v) is 3.52. The van der Waals surface area contributed by atoms with Gasteiger partial charge in [0.05, 0.1) is 12.1 Å². The molecule has 1 atom stereocenters. The maximum atomic E-state index is 11.7. The molecule has 0 saturated heterocycles. The molecule has 0 radical (unpaired) electrons. The standard InChI is InChI=1S/C16H12ClNO2/c17-15(11-6-2-1-3-7-11)18-10-14-12-8-4-5-9-13(12)16(19)20-14/h1-9,14H,10H2. The first-order chi connectivity index (χ1) is 9.75. The van der Waals surface area contributed by atoms with Gasteiger partial charge in [-0.3, -0.25) is 4.99 Å². The van der Waals surface area contributed by atoms with Gasteiger partial charge < -0.3 is 4.74 Å². The number of hydrogen-bond donors (Lipinski definition) is 0. The summed E-state index contributed by atoms with van der Waals surface area (Å²) in [5.74, 6) is -0.295. The van der Waals surface area contributed by atoms with E-state index in [0.717, 1.165) is 11.1 Å². The van der Waals surface area contributed by atoms with Gasteiger partial charge >= 0.3 is 5.97 Å². The topological polar surface area (TPSA) is 38.7 Å². The summed E-state index contributed by atoms with van der Waals surface area (Å²) in [6, 6.07) is 16.9. The Hall–Kier alpha value is -2.13. The van der Waals surface area contributed by atoms with E-state index < -0.39 is 0 Å². The summed E-state index contributed by atoms with van der Waals surface area (Å²) < 4.78 is 5.31. The van der Waals surface area contributed by atoms with Crippen LogP contribution in [0.25, 0.3) is 0 Å². The van der Waals surface area contributed by atoms with Gasteiger partial charge in [0.2, 0.25) is 0 Å². The summed E-state index contributed by atoms with van der Waals surface area (Å²) in [6.45, 7) is 0.330. The molecule has 0 spiro atoms. The lowest BCUT2D eigenvalue weighted by Gasteiger charge is -2.07. The van der Waals surface area contributed by atoms with Crippen LogP contribution in [0.15, 0.2) is 59.6 Å². The molecule has 0 amide bonds. The Kier molecular flexibility index (Phi) is 3.52. The highest BCUT2D eigenvalue weighted by molar-refractivity contribution is 6.69. The zero-order valence-corrected chi connectivity index (χ0v) is 11.4. The van der Waals surface area contributed by atoms with Gasteiger partial charge in [-0.25, -0.2) is 4.79 Å². The second-order valence-corrected chi connectivity index (χ2v) is 4.84. The summed E-state index contributed by atoms with van der Waals surface area (Å²) in [5.41, 5.74) is 2.34. The van der Waals surface area contributed by atoms with E-state index >= 15 is 0 Å². The van der Waals surface area contributed by atoms with Crippen molar-refractivity contribution in [2.75, 3.05) is 6.54 Å². The van der Waals surface area contributed by atoms with Crippen molar-refractivity contribution in [2.45, 2.75) is 6.10 Å². The van der Waals surface area contributed by atoms with E-state index in [1.165, 1.54) is 0 Å². The van der Waals surface area contributed by atoms with Crippen LogP contribution in [0.4, 0.5) is 0 Å².